The molecule has 0 saturated heterocycles. The normalized spacial score (nSPS) is 14.2. The van der Waals surface area contributed by atoms with Crippen molar-refractivity contribution in [1.29, 1.82) is 0 Å². The molecule has 1 aliphatic rings. The standard InChI is InChI=1S/C18H23F3N6O3/c1-11-17(27(29)30)12(2)25(23-11)9-6-16(28)22-7-3-8-26-14(13-4-5-13)10-15(24-26)18(19,20)21/h10,13H,3-9H2,1-2H3,(H,22,28). The van der Waals surface area contributed by atoms with E-state index in [0.29, 0.717) is 30.0 Å². The van der Waals surface area contributed by atoms with Crippen LogP contribution in [0, 0.1) is 24.0 Å². The Morgan fingerprint density at radius 3 is 2.53 bits per heavy atom. The van der Waals surface area contributed by atoms with E-state index in [-0.39, 0.29) is 37.0 Å². The van der Waals surface area contributed by atoms with E-state index in [0.717, 1.165) is 18.9 Å². The van der Waals surface area contributed by atoms with Gasteiger partial charge in [-0.05, 0) is 39.2 Å². The zero-order valence-electron chi connectivity index (χ0n) is 16.7. The topological polar surface area (TPSA) is 108 Å². The molecule has 1 saturated carbocycles. The number of amides is 1. The molecule has 0 aromatic carbocycles. The Morgan fingerprint density at radius 2 is 1.97 bits per heavy atom. The molecule has 12 heteroatoms. The van der Waals surface area contributed by atoms with E-state index in [1.165, 1.54) is 16.3 Å². The fraction of sp³-hybridized carbons (Fsp3) is 0.611. The lowest BCUT2D eigenvalue weighted by Crippen LogP contribution is -2.26. The summed E-state index contributed by atoms with van der Waals surface area (Å²) in [5.41, 5.74) is 0.338. The van der Waals surface area contributed by atoms with Crippen LogP contribution in [0.15, 0.2) is 6.07 Å². The van der Waals surface area contributed by atoms with Gasteiger partial charge in [0.25, 0.3) is 0 Å². The summed E-state index contributed by atoms with van der Waals surface area (Å²) in [5, 5.41) is 21.5. The first-order valence-electron chi connectivity index (χ1n) is 9.68. The molecule has 1 N–H and O–H groups in total. The highest BCUT2D eigenvalue weighted by Gasteiger charge is 2.37. The Labute approximate surface area is 170 Å². The summed E-state index contributed by atoms with van der Waals surface area (Å²) in [6.07, 6.45) is -2.21. The molecule has 2 aromatic rings. The van der Waals surface area contributed by atoms with E-state index >= 15 is 0 Å². The van der Waals surface area contributed by atoms with Gasteiger partial charge in [0.15, 0.2) is 5.69 Å². The Morgan fingerprint density at radius 1 is 1.27 bits per heavy atom. The molecule has 0 unspecified atom stereocenters. The minimum atomic E-state index is -4.47. The van der Waals surface area contributed by atoms with Crippen LogP contribution < -0.4 is 5.32 Å². The van der Waals surface area contributed by atoms with Crippen molar-refractivity contribution in [2.45, 2.75) is 64.7 Å². The third kappa shape index (κ3) is 4.97. The van der Waals surface area contributed by atoms with Gasteiger partial charge in [-0.1, -0.05) is 0 Å². The second-order valence-electron chi connectivity index (χ2n) is 7.40. The van der Waals surface area contributed by atoms with E-state index < -0.39 is 16.8 Å². The SMILES string of the molecule is Cc1nn(CCC(=O)NCCCn2nc(C(F)(F)F)cc2C2CC2)c(C)c1[N+](=O)[O-]. The van der Waals surface area contributed by atoms with E-state index in [4.69, 9.17) is 0 Å². The zero-order valence-corrected chi connectivity index (χ0v) is 16.7. The zero-order chi connectivity index (χ0) is 22.1. The molecule has 2 heterocycles. The molecule has 1 aliphatic carbocycles. The van der Waals surface area contributed by atoms with Crippen LogP contribution in [-0.4, -0.2) is 36.9 Å². The first-order chi connectivity index (χ1) is 14.1. The van der Waals surface area contributed by atoms with Gasteiger partial charge in [-0.2, -0.15) is 23.4 Å². The van der Waals surface area contributed by atoms with Crippen LogP contribution in [0.25, 0.3) is 0 Å². The fourth-order valence-electron chi connectivity index (χ4n) is 3.38. The summed E-state index contributed by atoms with van der Waals surface area (Å²) < 4.78 is 41.5. The average molecular weight is 428 g/mol. The number of aryl methyl sites for hydroxylation is 3. The second kappa shape index (κ2) is 8.44. The van der Waals surface area contributed by atoms with Crippen LogP contribution in [0.3, 0.4) is 0 Å². The lowest BCUT2D eigenvalue weighted by Gasteiger charge is -2.08. The Bertz CT molecular complexity index is 946. The highest BCUT2D eigenvalue weighted by molar-refractivity contribution is 5.75. The molecular weight excluding hydrogens is 405 g/mol. The average Bonchev–Trinajstić information content (AvgIpc) is 3.32. The van der Waals surface area contributed by atoms with E-state index in [2.05, 4.69) is 15.5 Å². The number of hydrogen-bond donors (Lipinski definition) is 1. The summed E-state index contributed by atoms with van der Waals surface area (Å²) in [6.45, 7) is 3.89. The highest BCUT2D eigenvalue weighted by Crippen LogP contribution is 2.42. The largest absolute Gasteiger partial charge is 0.435 e. The molecule has 0 radical (unpaired) electrons. The summed E-state index contributed by atoms with van der Waals surface area (Å²) in [7, 11) is 0. The summed E-state index contributed by atoms with van der Waals surface area (Å²) in [4.78, 5) is 22.5. The van der Waals surface area contributed by atoms with Gasteiger partial charge in [-0.3, -0.25) is 24.3 Å². The quantitative estimate of drug-likeness (QED) is 0.375. The van der Waals surface area contributed by atoms with Gasteiger partial charge in [-0.15, -0.1) is 0 Å². The van der Waals surface area contributed by atoms with Gasteiger partial charge in [-0.25, -0.2) is 0 Å². The van der Waals surface area contributed by atoms with Crippen molar-refractivity contribution in [3.05, 3.63) is 39.0 Å². The van der Waals surface area contributed by atoms with Crippen molar-refractivity contribution in [2.24, 2.45) is 0 Å². The number of rotatable bonds is 9. The van der Waals surface area contributed by atoms with Crippen LogP contribution in [0.2, 0.25) is 0 Å². The number of nitrogens with one attached hydrogen (secondary N) is 1. The number of carbonyl (C=O) groups excluding carboxylic acids is 1. The maximum absolute atomic E-state index is 12.9. The third-order valence-corrected chi connectivity index (χ3v) is 5.04. The number of carbonyl (C=O) groups is 1. The molecule has 9 nitrogen and oxygen atoms in total. The maximum atomic E-state index is 12.9. The van der Waals surface area contributed by atoms with E-state index in [1.54, 1.807) is 6.92 Å². The van der Waals surface area contributed by atoms with Gasteiger partial charge < -0.3 is 5.32 Å². The summed E-state index contributed by atoms with van der Waals surface area (Å²) in [6, 6.07) is 1.11. The Balaban J connectivity index is 1.46. The Kier molecular flexibility index (Phi) is 6.13. The van der Waals surface area contributed by atoms with Crippen molar-refractivity contribution < 1.29 is 22.9 Å². The van der Waals surface area contributed by atoms with Crippen LogP contribution in [0.4, 0.5) is 18.9 Å². The molecule has 0 aliphatic heterocycles. The highest BCUT2D eigenvalue weighted by atomic mass is 19.4. The molecule has 1 fully saturated rings. The lowest BCUT2D eigenvalue weighted by atomic mass is 10.2. The Hall–Kier alpha value is -2.92. The van der Waals surface area contributed by atoms with Crippen molar-refractivity contribution in [2.75, 3.05) is 6.54 Å². The summed E-state index contributed by atoms with van der Waals surface area (Å²) in [5.74, 6) is -0.128. The van der Waals surface area contributed by atoms with E-state index in [9.17, 15) is 28.1 Å². The van der Waals surface area contributed by atoms with Crippen LogP contribution in [0.1, 0.15) is 54.4 Å². The number of nitrogens with zero attached hydrogens (tertiary/aromatic N) is 5. The number of aromatic nitrogens is 4. The molecule has 30 heavy (non-hydrogen) atoms. The first kappa shape index (κ1) is 21.8. The molecule has 3 rings (SSSR count). The predicted octanol–water partition coefficient (Wildman–Crippen LogP) is 3.10. The molecule has 1 amide bonds. The summed E-state index contributed by atoms with van der Waals surface area (Å²) >= 11 is 0. The van der Waals surface area contributed by atoms with Crippen LogP contribution in [-0.2, 0) is 24.1 Å². The number of alkyl halides is 3. The second-order valence-corrected chi connectivity index (χ2v) is 7.40. The lowest BCUT2D eigenvalue weighted by molar-refractivity contribution is -0.386. The van der Waals surface area contributed by atoms with Gasteiger partial charge in [0.05, 0.1) is 11.5 Å². The molecule has 164 valence electrons. The molecule has 0 bridgehead atoms. The van der Waals surface area contributed by atoms with Crippen molar-refractivity contribution >= 4 is 11.6 Å². The number of hydrogen-bond acceptors (Lipinski definition) is 5. The maximum Gasteiger partial charge on any atom is 0.435 e. The molecular formula is C18H23F3N6O3. The monoisotopic (exact) mass is 428 g/mol. The van der Waals surface area contributed by atoms with Crippen molar-refractivity contribution in [3.8, 4) is 0 Å². The smallest absolute Gasteiger partial charge is 0.356 e. The van der Waals surface area contributed by atoms with Gasteiger partial charge in [0.1, 0.15) is 11.4 Å². The van der Waals surface area contributed by atoms with Gasteiger partial charge in [0.2, 0.25) is 5.91 Å². The first-order valence-corrected chi connectivity index (χ1v) is 9.68. The van der Waals surface area contributed by atoms with Crippen molar-refractivity contribution in [3.63, 3.8) is 0 Å². The fourth-order valence-corrected chi connectivity index (χ4v) is 3.38. The van der Waals surface area contributed by atoms with Gasteiger partial charge >= 0.3 is 11.9 Å². The van der Waals surface area contributed by atoms with Gasteiger partial charge in [0, 0.05) is 31.1 Å². The third-order valence-electron chi connectivity index (χ3n) is 5.04. The number of halogens is 3. The molecule has 0 atom stereocenters. The number of nitro groups is 1. The minimum Gasteiger partial charge on any atom is -0.356 e. The predicted molar refractivity (Wildman–Crippen MR) is 99.8 cm³/mol. The van der Waals surface area contributed by atoms with Crippen LogP contribution >= 0.6 is 0 Å². The minimum absolute atomic E-state index is 0.0562. The van der Waals surface area contributed by atoms with Crippen molar-refractivity contribution in [1.82, 2.24) is 24.9 Å². The van der Waals surface area contributed by atoms with Crippen LogP contribution in [0.5, 0.6) is 0 Å². The van der Waals surface area contributed by atoms with E-state index in [1.807, 2.05) is 0 Å². The molecule has 2 aromatic heterocycles. The molecule has 0 spiro atoms.